The van der Waals surface area contributed by atoms with E-state index in [2.05, 4.69) is 15.3 Å². The molecule has 3 N–H and O–H groups in total. The Labute approximate surface area is 77.6 Å². The predicted molar refractivity (Wildman–Crippen MR) is 51.3 cm³/mol. The summed E-state index contributed by atoms with van der Waals surface area (Å²) in [6.45, 7) is 0. The molecular formula is C9H14N4. The van der Waals surface area contributed by atoms with E-state index in [4.69, 9.17) is 5.73 Å². The summed E-state index contributed by atoms with van der Waals surface area (Å²) in [7, 11) is 0. The molecule has 1 aliphatic rings. The van der Waals surface area contributed by atoms with E-state index in [0.29, 0.717) is 12.1 Å². The van der Waals surface area contributed by atoms with Gasteiger partial charge in [0.05, 0.1) is 18.1 Å². The van der Waals surface area contributed by atoms with Crippen LogP contribution in [0.15, 0.2) is 18.7 Å². The zero-order valence-electron chi connectivity index (χ0n) is 7.48. The standard InChI is InChI=1S/C9H14N4/c10-7-1-2-8(3-7)13-9-4-11-6-12-5-9/h4-8,13H,1-3,10H2. The summed E-state index contributed by atoms with van der Waals surface area (Å²) in [6.07, 6.45) is 8.43. The Hall–Kier alpha value is -1.16. The summed E-state index contributed by atoms with van der Waals surface area (Å²) in [5.74, 6) is 0. The van der Waals surface area contributed by atoms with E-state index in [9.17, 15) is 0 Å². The summed E-state index contributed by atoms with van der Waals surface area (Å²) in [4.78, 5) is 7.88. The number of nitrogens with one attached hydrogen (secondary N) is 1. The fourth-order valence-electron chi connectivity index (χ4n) is 1.76. The molecule has 0 spiro atoms. The van der Waals surface area contributed by atoms with Crippen LogP contribution in [0, 0.1) is 0 Å². The minimum absolute atomic E-state index is 0.363. The first-order chi connectivity index (χ1) is 6.34. The quantitative estimate of drug-likeness (QED) is 0.702. The van der Waals surface area contributed by atoms with E-state index >= 15 is 0 Å². The van der Waals surface area contributed by atoms with Crippen LogP contribution in [-0.2, 0) is 0 Å². The molecule has 13 heavy (non-hydrogen) atoms. The molecule has 0 bridgehead atoms. The number of anilines is 1. The molecule has 0 radical (unpaired) electrons. The van der Waals surface area contributed by atoms with Crippen LogP contribution in [0.3, 0.4) is 0 Å². The van der Waals surface area contributed by atoms with Gasteiger partial charge in [0.25, 0.3) is 0 Å². The van der Waals surface area contributed by atoms with Crippen molar-refractivity contribution in [3.05, 3.63) is 18.7 Å². The van der Waals surface area contributed by atoms with E-state index in [1.807, 2.05) is 0 Å². The molecule has 4 nitrogen and oxygen atoms in total. The molecule has 0 saturated heterocycles. The van der Waals surface area contributed by atoms with Gasteiger partial charge in [0.1, 0.15) is 6.33 Å². The van der Waals surface area contributed by atoms with Crippen molar-refractivity contribution in [2.75, 3.05) is 5.32 Å². The Balaban J connectivity index is 1.92. The number of rotatable bonds is 2. The zero-order valence-corrected chi connectivity index (χ0v) is 7.48. The van der Waals surface area contributed by atoms with Crippen molar-refractivity contribution in [3.8, 4) is 0 Å². The first kappa shape index (κ1) is 8.44. The Morgan fingerprint density at radius 2 is 2.08 bits per heavy atom. The minimum atomic E-state index is 0.363. The second-order valence-corrected chi connectivity index (χ2v) is 3.54. The highest BCUT2D eigenvalue weighted by Crippen LogP contribution is 2.20. The number of nitrogens with zero attached hydrogens (tertiary/aromatic N) is 2. The Bertz CT molecular complexity index is 262. The van der Waals surface area contributed by atoms with Crippen LogP contribution < -0.4 is 11.1 Å². The van der Waals surface area contributed by atoms with Gasteiger partial charge in [-0.25, -0.2) is 9.97 Å². The largest absolute Gasteiger partial charge is 0.380 e. The highest BCUT2D eigenvalue weighted by atomic mass is 15.0. The van der Waals surface area contributed by atoms with E-state index in [1.54, 1.807) is 12.4 Å². The van der Waals surface area contributed by atoms with Crippen LogP contribution in [0.1, 0.15) is 19.3 Å². The van der Waals surface area contributed by atoms with Gasteiger partial charge < -0.3 is 11.1 Å². The Kier molecular flexibility index (Phi) is 2.40. The van der Waals surface area contributed by atoms with Crippen molar-refractivity contribution in [2.24, 2.45) is 5.73 Å². The second-order valence-electron chi connectivity index (χ2n) is 3.54. The third-order valence-corrected chi connectivity index (χ3v) is 2.40. The first-order valence-electron chi connectivity index (χ1n) is 4.62. The third kappa shape index (κ3) is 2.15. The van der Waals surface area contributed by atoms with Gasteiger partial charge in [-0.1, -0.05) is 0 Å². The smallest absolute Gasteiger partial charge is 0.115 e. The van der Waals surface area contributed by atoms with Gasteiger partial charge in [0, 0.05) is 12.1 Å². The molecular weight excluding hydrogens is 164 g/mol. The maximum atomic E-state index is 5.81. The molecule has 1 fully saturated rings. The number of hydrogen-bond acceptors (Lipinski definition) is 4. The highest BCUT2D eigenvalue weighted by molar-refractivity contribution is 5.38. The predicted octanol–water partition coefficient (Wildman–Crippen LogP) is 0.768. The molecule has 1 heterocycles. The summed E-state index contributed by atoms with van der Waals surface area (Å²) < 4.78 is 0. The van der Waals surface area contributed by atoms with Gasteiger partial charge in [-0.3, -0.25) is 0 Å². The third-order valence-electron chi connectivity index (χ3n) is 2.40. The Morgan fingerprint density at radius 3 is 2.69 bits per heavy atom. The van der Waals surface area contributed by atoms with Gasteiger partial charge in [-0.05, 0) is 19.3 Å². The van der Waals surface area contributed by atoms with Gasteiger partial charge in [-0.2, -0.15) is 0 Å². The fraction of sp³-hybridized carbons (Fsp3) is 0.556. The van der Waals surface area contributed by atoms with E-state index in [1.165, 1.54) is 6.33 Å². The number of hydrogen-bond donors (Lipinski definition) is 2. The van der Waals surface area contributed by atoms with Crippen molar-refractivity contribution in [3.63, 3.8) is 0 Å². The summed E-state index contributed by atoms with van der Waals surface area (Å²) >= 11 is 0. The molecule has 1 aromatic heterocycles. The number of nitrogens with two attached hydrogens (primary N) is 1. The van der Waals surface area contributed by atoms with Crippen molar-refractivity contribution in [1.29, 1.82) is 0 Å². The lowest BCUT2D eigenvalue weighted by atomic mass is 10.2. The maximum Gasteiger partial charge on any atom is 0.115 e. The van der Waals surface area contributed by atoms with Crippen LogP contribution in [0.5, 0.6) is 0 Å². The molecule has 2 atom stereocenters. The van der Waals surface area contributed by atoms with Gasteiger partial charge in [0.15, 0.2) is 0 Å². The average molecular weight is 178 g/mol. The zero-order chi connectivity index (χ0) is 9.10. The summed E-state index contributed by atoms with van der Waals surface area (Å²) in [5.41, 5.74) is 6.80. The van der Waals surface area contributed by atoms with Crippen LogP contribution in [0.4, 0.5) is 5.69 Å². The Morgan fingerprint density at radius 1 is 1.31 bits per heavy atom. The lowest BCUT2D eigenvalue weighted by Crippen LogP contribution is -2.20. The average Bonchev–Trinajstić information content (AvgIpc) is 2.53. The normalized spacial score (nSPS) is 27.5. The molecule has 0 aromatic carbocycles. The van der Waals surface area contributed by atoms with Crippen LogP contribution in [-0.4, -0.2) is 22.1 Å². The molecule has 1 aromatic rings. The first-order valence-corrected chi connectivity index (χ1v) is 4.62. The van der Waals surface area contributed by atoms with Crippen molar-refractivity contribution in [1.82, 2.24) is 9.97 Å². The molecule has 1 aliphatic carbocycles. The van der Waals surface area contributed by atoms with E-state index < -0.39 is 0 Å². The maximum absolute atomic E-state index is 5.81. The van der Waals surface area contributed by atoms with Crippen LogP contribution in [0.25, 0.3) is 0 Å². The van der Waals surface area contributed by atoms with Crippen molar-refractivity contribution >= 4 is 5.69 Å². The molecule has 1 saturated carbocycles. The second kappa shape index (κ2) is 3.70. The molecule has 0 aliphatic heterocycles. The lowest BCUT2D eigenvalue weighted by Gasteiger charge is -2.12. The van der Waals surface area contributed by atoms with Crippen molar-refractivity contribution < 1.29 is 0 Å². The highest BCUT2D eigenvalue weighted by Gasteiger charge is 2.21. The summed E-state index contributed by atoms with van der Waals surface area (Å²) in [5, 5.41) is 3.37. The van der Waals surface area contributed by atoms with Crippen molar-refractivity contribution in [2.45, 2.75) is 31.3 Å². The minimum Gasteiger partial charge on any atom is -0.380 e. The molecule has 2 rings (SSSR count). The molecule has 2 unspecified atom stereocenters. The van der Waals surface area contributed by atoms with E-state index in [-0.39, 0.29) is 0 Å². The SMILES string of the molecule is NC1CCC(Nc2cncnc2)C1. The molecule has 4 heteroatoms. The fourth-order valence-corrected chi connectivity index (χ4v) is 1.76. The monoisotopic (exact) mass is 178 g/mol. The topological polar surface area (TPSA) is 63.8 Å². The molecule has 70 valence electrons. The van der Waals surface area contributed by atoms with Gasteiger partial charge in [-0.15, -0.1) is 0 Å². The van der Waals surface area contributed by atoms with E-state index in [0.717, 1.165) is 24.9 Å². The summed E-state index contributed by atoms with van der Waals surface area (Å²) in [6, 6.07) is 0.864. The van der Waals surface area contributed by atoms with Crippen LogP contribution >= 0.6 is 0 Å². The number of aromatic nitrogens is 2. The van der Waals surface area contributed by atoms with Crippen LogP contribution in [0.2, 0.25) is 0 Å². The van der Waals surface area contributed by atoms with Gasteiger partial charge >= 0.3 is 0 Å². The lowest BCUT2D eigenvalue weighted by molar-refractivity contribution is 0.687. The molecule has 0 amide bonds. The van der Waals surface area contributed by atoms with Gasteiger partial charge in [0.2, 0.25) is 0 Å².